The Labute approximate surface area is 241 Å². The summed E-state index contributed by atoms with van der Waals surface area (Å²) in [6, 6.07) is 15.1. The summed E-state index contributed by atoms with van der Waals surface area (Å²) in [6.45, 7) is 9.00. The molecule has 0 saturated carbocycles. The number of benzene rings is 2. The molecular weight excluding hydrogens is 514 g/mol. The molecule has 2 fully saturated rings. The van der Waals surface area contributed by atoms with Gasteiger partial charge in [-0.2, -0.15) is 5.26 Å². The van der Waals surface area contributed by atoms with Crippen molar-refractivity contribution in [3.63, 3.8) is 0 Å². The number of likely N-dealkylation sites (N-methyl/N-ethyl adjacent to an activating group) is 1. The van der Waals surface area contributed by atoms with Crippen molar-refractivity contribution < 1.29 is 9.53 Å². The van der Waals surface area contributed by atoms with Gasteiger partial charge in [0.15, 0.2) is 0 Å². The van der Waals surface area contributed by atoms with Gasteiger partial charge >= 0.3 is 0 Å². The lowest BCUT2D eigenvalue weighted by molar-refractivity contribution is -0.126. The number of carbonyl (C=O) groups excluding carboxylic acids is 1. The maximum absolute atomic E-state index is 12.2. The number of pyridine rings is 1. The fraction of sp³-hybridized carbons (Fsp3) is 0.406. The zero-order chi connectivity index (χ0) is 28.5. The number of amides is 1. The van der Waals surface area contributed by atoms with Gasteiger partial charge in [0.1, 0.15) is 18.2 Å². The molecule has 1 aromatic heterocycles. The molecule has 9 heteroatoms. The van der Waals surface area contributed by atoms with Gasteiger partial charge in [-0.05, 0) is 56.4 Å². The van der Waals surface area contributed by atoms with Crippen LogP contribution in [0.4, 0.5) is 17.1 Å². The average Bonchev–Trinajstić information content (AvgIpc) is 3.42. The van der Waals surface area contributed by atoms with Gasteiger partial charge in [0.05, 0.1) is 17.9 Å². The number of aromatic nitrogens is 1. The number of hydrogen-bond acceptors (Lipinski definition) is 8. The topological polar surface area (TPSA) is 102 Å². The maximum Gasteiger partial charge on any atom is 0.246 e. The molecule has 9 nitrogen and oxygen atoms in total. The van der Waals surface area contributed by atoms with Crippen molar-refractivity contribution in [1.29, 1.82) is 5.26 Å². The van der Waals surface area contributed by atoms with Crippen LogP contribution in [0.1, 0.15) is 29.7 Å². The summed E-state index contributed by atoms with van der Waals surface area (Å²) in [7, 11) is 2.12. The van der Waals surface area contributed by atoms with Crippen LogP contribution >= 0.6 is 0 Å². The Kier molecular flexibility index (Phi) is 7.41. The number of nitrogens with two attached hydrogens (primary N) is 1. The highest BCUT2D eigenvalue weighted by Crippen LogP contribution is 2.39. The number of piperazine rings is 1. The zero-order valence-electron chi connectivity index (χ0n) is 23.7. The third-order valence-corrected chi connectivity index (χ3v) is 8.77. The molecule has 2 aromatic carbocycles. The first-order valence-electron chi connectivity index (χ1n) is 14.4. The number of ether oxygens (including phenoxy) is 1. The molecule has 0 aliphatic carbocycles. The standard InChI is InChI=1S/C32H37N7O2/c1-3-30(40)37-13-15-38(16-14-37)31-26-10-12-39(29-18-23(34)17-22-7-4-5-9-25(22)29)20-28(26)35-32(27(31)19-33)41-21-24-8-6-11-36(24)2/h3-5,7,9,17-18,24H,1,6,8,10-16,20-21,34H2,2H3/t24-/m0/s1. The second-order valence-electron chi connectivity index (χ2n) is 11.2. The smallest absolute Gasteiger partial charge is 0.246 e. The number of fused-ring (bicyclic) bond motifs is 2. The molecule has 0 bridgehead atoms. The highest BCUT2D eigenvalue weighted by molar-refractivity contribution is 5.97. The first-order chi connectivity index (χ1) is 20.0. The fourth-order valence-corrected chi connectivity index (χ4v) is 6.51. The summed E-state index contributed by atoms with van der Waals surface area (Å²) in [5, 5.41) is 12.7. The summed E-state index contributed by atoms with van der Waals surface area (Å²) >= 11 is 0. The van der Waals surface area contributed by atoms with Gasteiger partial charge in [-0.15, -0.1) is 0 Å². The van der Waals surface area contributed by atoms with Crippen LogP contribution in [-0.2, 0) is 17.8 Å². The van der Waals surface area contributed by atoms with E-state index in [9.17, 15) is 10.1 Å². The van der Waals surface area contributed by atoms with Crippen LogP contribution in [-0.4, -0.2) is 79.7 Å². The van der Waals surface area contributed by atoms with Crippen LogP contribution in [0.3, 0.4) is 0 Å². The van der Waals surface area contributed by atoms with E-state index in [4.69, 9.17) is 15.5 Å². The van der Waals surface area contributed by atoms with E-state index in [0.717, 1.165) is 71.4 Å². The Hall–Kier alpha value is -4.29. The Bertz CT molecular complexity index is 1520. The Morgan fingerprint density at radius 1 is 1.17 bits per heavy atom. The summed E-state index contributed by atoms with van der Waals surface area (Å²) < 4.78 is 6.37. The number of anilines is 3. The molecule has 2 N–H and O–H groups in total. The van der Waals surface area contributed by atoms with E-state index in [1.54, 1.807) is 0 Å². The van der Waals surface area contributed by atoms with E-state index in [0.29, 0.717) is 56.8 Å². The van der Waals surface area contributed by atoms with Gasteiger partial charge < -0.3 is 30.1 Å². The molecule has 212 valence electrons. The number of likely N-dealkylation sites (tertiary alicyclic amines) is 1. The molecule has 0 radical (unpaired) electrons. The van der Waals surface area contributed by atoms with Gasteiger partial charge in [-0.1, -0.05) is 30.8 Å². The Morgan fingerprint density at radius 3 is 2.71 bits per heavy atom. The summed E-state index contributed by atoms with van der Waals surface area (Å²) in [5.74, 6) is 0.349. The number of nitrogens with zero attached hydrogens (tertiary/aromatic N) is 6. The van der Waals surface area contributed by atoms with Crippen LogP contribution in [0.15, 0.2) is 49.1 Å². The maximum atomic E-state index is 12.2. The lowest BCUT2D eigenvalue weighted by Crippen LogP contribution is -2.49. The molecule has 4 heterocycles. The second kappa shape index (κ2) is 11.3. The van der Waals surface area contributed by atoms with Crippen molar-refractivity contribution >= 4 is 33.7 Å². The monoisotopic (exact) mass is 551 g/mol. The number of hydrogen-bond donors (Lipinski definition) is 1. The number of nitriles is 1. The number of rotatable bonds is 6. The first kappa shape index (κ1) is 26.9. The first-order valence-corrected chi connectivity index (χ1v) is 14.4. The Balaban J connectivity index is 1.38. The molecule has 1 amide bonds. The van der Waals surface area contributed by atoms with E-state index < -0.39 is 0 Å². The minimum atomic E-state index is -0.0587. The number of nitrogen functional groups attached to an aromatic ring is 1. The van der Waals surface area contributed by atoms with Gasteiger partial charge in [0, 0.05) is 61.1 Å². The quantitative estimate of drug-likeness (QED) is 0.367. The molecule has 41 heavy (non-hydrogen) atoms. The average molecular weight is 552 g/mol. The largest absolute Gasteiger partial charge is 0.475 e. The van der Waals surface area contributed by atoms with Crippen molar-refractivity contribution in [2.75, 3.05) is 68.5 Å². The molecule has 3 aromatic rings. The van der Waals surface area contributed by atoms with Gasteiger partial charge in [-0.25, -0.2) is 4.98 Å². The minimum absolute atomic E-state index is 0.0587. The van der Waals surface area contributed by atoms with E-state index in [1.807, 2.05) is 23.1 Å². The van der Waals surface area contributed by atoms with Crippen LogP contribution in [0.2, 0.25) is 0 Å². The van der Waals surface area contributed by atoms with Crippen molar-refractivity contribution in [2.45, 2.75) is 31.8 Å². The normalized spacial score (nSPS) is 19.2. The van der Waals surface area contributed by atoms with Gasteiger partial charge in [-0.3, -0.25) is 4.79 Å². The molecule has 3 aliphatic rings. The summed E-state index contributed by atoms with van der Waals surface area (Å²) in [4.78, 5) is 26.0. The predicted octanol–water partition coefficient (Wildman–Crippen LogP) is 3.56. The fourth-order valence-electron chi connectivity index (χ4n) is 6.51. The van der Waals surface area contributed by atoms with Gasteiger partial charge in [0.2, 0.25) is 11.8 Å². The lowest BCUT2D eigenvalue weighted by Gasteiger charge is -2.39. The van der Waals surface area contributed by atoms with E-state index in [2.05, 4.69) is 52.6 Å². The van der Waals surface area contributed by atoms with Crippen LogP contribution < -0.4 is 20.3 Å². The lowest BCUT2D eigenvalue weighted by atomic mass is 9.97. The summed E-state index contributed by atoms with van der Waals surface area (Å²) in [5.41, 5.74) is 11.6. The molecule has 0 unspecified atom stereocenters. The predicted molar refractivity (Wildman–Crippen MR) is 162 cm³/mol. The molecule has 6 rings (SSSR count). The zero-order valence-corrected chi connectivity index (χ0v) is 23.7. The van der Waals surface area contributed by atoms with Crippen molar-refractivity contribution in [3.8, 4) is 11.9 Å². The third-order valence-electron chi connectivity index (χ3n) is 8.77. The highest BCUT2D eigenvalue weighted by atomic mass is 16.5. The summed E-state index contributed by atoms with van der Waals surface area (Å²) in [6.07, 6.45) is 4.33. The SMILES string of the molecule is C=CC(=O)N1CCN(c2c(C#N)c(OC[C@@H]3CCCN3C)nc3c2CCN(c2cc(N)cc4ccccc24)C3)CC1. The Morgan fingerprint density at radius 2 is 1.98 bits per heavy atom. The van der Waals surface area contributed by atoms with Crippen LogP contribution in [0.25, 0.3) is 10.8 Å². The number of carbonyl (C=O) groups is 1. The highest BCUT2D eigenvalue weighted by Gasteiger charge is 2.32. The molecule has 2 saturated heterocycles. The van der Waals surface area contributed by atoms with E-state index in [-0.39, 0.29) is 5.91 Å². The van der Waals surface area contributed by atoms with E-state index in [1.165, 1.54) is 6.08 Å². The molecule has 3 aliphatic heterocycles. The third kappa shape index (κ3) is 5.16. The second-order valence-corrected chi connectivity index (χ2v) is 11.2. The van der Waals surface area contributed by atoms with E-state index >= 15 is 0 Å². The van der Waals surface area contributed by atoms with Crippen molar-refractivity contribution in [2.24, 2.45) is 0 Å². The van der Waals surface area contributed by atoms with Crippen molar-refractivity contribution in [3.05, 3.63) is 65.9 Å². The van der Waals surface area contributed by atoms with Crippen LogP contribution in [0.5, 0.6) is 5.88 Å². The molecular formula is C32H37N7O2. The van der Waals surface area contributed by atoms with Crippen molar-refractivity contribution in [1.82, 2.24) is 14.8 Å². The molecule has 1 atom stereocenters. The minimum Gasteiger partial charge on any atom is -0.475 e. The molecule has 0 spiro atoms. The van der Waals surface area contributed by atoms with Crippen LogP contribution in [0, 0.1) is 11.3 Å². The van der Waals surface area contributed by atoms with Gasteiger partial charge in [0.25, 0.3) is 0 Å².